The van der Waals surface area contributed by atoms with E-state index in [4.69, 9.17) is 9.47 Å². The van der Waals surface area contributed by atoms with Crippen molar-refractivity contribution in [3.63, 3.8) is 0 Å². The molecule has 1 aromatic carbocycles. The summed E-state index contributed by atoms with van der Waals surface area (Å²) < 4.78 is 37.5. The largest absolute Gasteiger partial charge is 0.350 e. The molecule has 2 saturated heterocycles. The van der Waals surface area contributed by atoms with Crippen LogP contribution in [0, 0.1) is 17.6 Å². The van der Waals surface area contributed by atoms with Crippen molar-refractivity contribution in [3.8, 4) is 0 Å². The number of benzene rings is 1. The first kappa shape index (κ1) is 14.4. The van der Waals surface area contributed by atoms with Gasteiger partial charge in [-0.05, 0) is 25.0 Å². The Balaban J connectivity index is 1.62. The van der Waals surface area contributed by atoms with E-state index in [1.807, 2.05) is 0 Å². The van der Waals surface area contributed by atoms with Gasteiger partial charge in [0.2, 0.25) is 0 Å². The molecule has 2 heterocycles. The van der Waals surface area contributed by atoms with Gasteiger partial charge in [0.1, 0.15) is 11.6 Å². The molecule has 0 radical (unpaired) electrons. The number of nitrogens with zero attached hydrogens (tertiary/aromatic N) is 1. The Hall–Kier alpha value is -1.53. The molecule has 1 amide bonds. The molecule has 2 aliphatic rings. The minimum atomic E-state index is -0.815. The van der Waals surface area contributed by atoms with Gasteiger partial charge in [0.25, 0.3) is 5.91 Å². The number of carbonyl (C=O) groups excluding carboxylic acids is 1. The van der Waals surface area contributed by atoms with Crippen LogP contribution in [0.2, 0.25) is 0 Å². The number of amides is 1. The molecule has 0 atom stereocenters. The molecule has 0 aromatic heterocycles. The number of ether oxygens (including phenoxy) is 2. The van der Waals surface area contributed by atoms with Crippen molar-refractivity contribution in [2.45, 2.75) is 19.1 Å². The van der Waals surface area contributed by atoms with E-state index in [0.717, 1.165) is 25.0 Å². The summed E-state index contributed by atoms with van der Waals surface area (Å²) in [6.07, 6.45) is 1.35. The van der Waals surface area contributed by atoms with Crippen LogP contribution in [-0.2, 0) is 9.47 Å². The van der Waals surface area contributed by atoms with Gasteiger partial charge in [-0.1, -0.05) is 0 Å². The SMILES string of the molecule is O=C(c1ccc(F)cc1F)N1CCC(C2OCCO2)CC1. The van der Waals surface area contributed by atoms with Crippen LogP contribution in [0.1, 0.15) is 23.2 Å². The second-order valence-electron chi connectivity index (χ2n) is 5.36. The first-order valence-electron chi connectivity index (χ1n) is 7.12. The number of halogens is 2. The zero-order valence-electron chi connectivity index (χ0n) is 11.6. The summed E-state index contributed by atoms with van der Waals surface area (Å²) in [6, 6.07) is 3.03. The van der Waals surface area contributed by atoms with Crippen molar-refractivity contribution < 1.29 is 23.0 Å². The van der Waals surface area contributed by atoms with Gasteiger partial charge in [0.15, 0.2) is 6.29 Å². The monoisotopic (exact) mass is 297 g/mol. The van der Waals surface area contributed by atoms with Crippen LogP contribution in [0.5, 0.6) is 0 Å². The van der Waals surface area contributed by atoms with Gasteiger partial charge in [0, 0.05) is 25.1 Å². The van der Waals surface area contributed by atoms with Crippen LogP contribution < -0.4 is 0 Å². The normalized spacial score (nSPS) is 21.0. The van der Waals surface area contributed by atoms with Gasteiger partial charge >= 0.3 is 0 Å². The summed E-state index contributed by atoms with van der Waals surface area (Å²) in [4.78, 5) is 13.9. The van der Waals surface area contributed by atoms with Crippen molar-refractivity contribution in [1.82, 2.24) is 4.90 Å². The van der Waals surface area contributed by atoms with Gasteiger partial charge in [-0.3, -0.25) is 4.79 Å². The fourth-order valence-corrected chi connectivity index (χ4v) is 2.86. The standard InChI is InChI=1S/C15H17F2NO3/c16-11-1-2-12(13(17)9-11)14(19)18-5-3-10(4-6-18)15-20-7-8-21-15/h1-2,9-10,15H,3-8H2. The summed E-state index contributed by atoms with van der Waals surface area (Å²) in [5, 5.41) is 0. The maximum atomic E-state index is 13.7. The van der Waals surface area contributed by atoms with Crippen molar-refractivity contribution in [1.29, 1.82) is 0 Å². The van der Waals surface area contributed by atoms with Gasteiger partial charge in [0.05, 0.1) is 18.8 Å². The van der Waals surface area contributed by atoms with Gasteiger partial charge in [-0.2, -0.15) is 0 Å². The lowest BCUT2D eigenvalue weighted by Crippen LogP contribution is -2.41. The van der Waals surface area contributed by atoms with Crippen LogP contribution in [0.15, 0.2) is 18.2 Å². The van der Waals surface area contributed by atoms with Crippen molar-refractivity contribution in [2.75, 3.05) is 26.3 Å². The van der Waals surface area contributed by atoms with E-state index < -0.39 is 11.6 Å². The van der Waals surface area contributed by atoms with Crippen LogP contribution in [-0.4, -0.2) is 43.4 Å². The number of hydrogen-bond acceptors (Lipinski definition) is 3. The zero-order chi connectivity index (χ0) is 14.8. The molecule has 0 spiro atoms. The number of hydrogen-bond donors (Lipinski definition) is 0. The summed E-state index contributed by atoms with van der Waals surface area (Å²) >= 11 is 0. The van der Waals surface area contributed by atoms with Crippen LogP contribution in [0.4, 0.5) is 8.78 Å². The molecule has 2 fully saturated rings. The van der Waals surface area contributed by atoms with Crippen molar-refractivity contribution in [2.24, 2.45) is 5.92 Å². The zero-order valence-corrected chi connectivity index (χ0v) is 11.6. The van der Waals surface area contributed by atoms with E-state index in [0.29, 0.717) is 26.3 Å². The Morgan fingerprint density at radius 1 is 1.14 bits per heavy atom. The van der Waals surface area contributed by atoms with E-state index in [-0.39, 0.29) is 23.7 Å². The first-order chi connectivity index (χ1) is 10.1. The summed E-state index contributed by atoms with van der Waals surface area (Å²) in [6.45, 7) is 2.29. The molecule has 0 unspecified atom stereocenters. The molecule has 1 aromatic rings. The Kier molecular flexibility index (Phi) is 4.17. The quantitative estimate of drug-likeness (QED) is 0.840. The lowest BCUT2D eigenvalue weighted by Gasteiger charge is -2.33. The number of rotatable bonds is 2. The fourth-order valence-electron chi connectivity index (χ4n) is 2.86. The fraction of sp³-hybridized carbons (Fsp3) is 0.533. The van der Waals surface area contributed by atoms with Crippen LogP contribution in [0.3, 0.4) is 0 Å². The maximum Gasteiger partial charge on any atom is 0.256 e. The molecule has 6 heteroatoms. The van der Waals surface area contributed by atoms with Gasteiger partial charge in [-0.15, -0.1) is 0 Å². The Labute approximate surface area is 121 Å². The first-order valence-corrected chi connectivity index (χ1v) is 7.12. The van der Waals surface area contributed by atoms with E-state index in [1.165, 1.54) is 6.07 Å². The Bertz CT molecular complexity index is 524. The highest BCUT2D eigenvalue weighted by molar-refractivity contribution is 5.94. The third kappa shape index (κ3) is 3.06. The van der Waals surface area contributed by atoms with Crippen molar-refractivity contribution >= 4 is 5.91 Å². The maximum absolute atomic E-state index is 13.7. The van der Waals surface area contributed by atoms with Crippen LogP contribution in [0.25, 0.3) is 0 Å². The lowest BCUT2D eigenvalue weighted by molar-refractivity contribution is -0.0956. The smallest absolute Gasteiger partial charge is 0.256 e. The minimum absolute atomic E-state index is 0.0804. The van der Waals surface area contributed by atoms with E-state index in [2.05, 4.69) is 0 Å². The number of piperidine rings is 1. The van der Waals surface area contributed by atoms with Crippen molar-refractivity contribution in [3.05, 3.63) is 35.4 Å². The molecule has 0 saturated carbocycles. The topological polar surface area (TPSA) is 38.8 Å². The number of carbonyl (C=O) groups is 1. The molecule has 2 aliphatic heterocycles. The second kappa shape index (κ2) is 6.07. The molecular formula is C15H17F2NO3. The average molecular weight is 297 g/mol. The molecule has 0 N–H and O–H groups in total. The van der Waals surface area contributed by atoms with E-state index in [9.17, 15) is 13.6 Å². The summed E-state index contributed by atoms with van der Waals surface area (Å²) in [7, 11) is 0. The predicted octanol–water partition coefficient (Wildman–Crippen LogP) is 2.19. The van der Waals surface area contributed by atoms with E-state index in [1.54, 1.807) is 4.90 Å². The van der Waals surface area contributed by atoms with E-state index >= 15 is 0 Å². The average Bonchev–Trinajstić information content (AvgIpc) is 3.01. The Morgan fingerprint density at radius 3 is 2.43 bits per heavy atom. The second-order valence-corrected chi connectivity index (χ2v) is 5.36. The summed E-state index contributed by atoms with van der Waals surface area (Å²) in [5.74, 6) is -1.61. The van der Waals surface area contributed by atoms with Gasteiger partial charge < -0.3 is 14.4 Å². The minimum Gasteiger partial charge on any atom is -0.350 e. The third-order valence-corrected chi connectivity index (χ3v) is 4.02. The molecule has 114 valence electrons. The molecule has 3 rings (SSSR count). The Morgan fingerprint density at radius 2 is 1.81 bits per heavy atom. The molecular weight excluding hydrogens is 280 g/mol. The van der Waals surface area contributed by atoms with Crippen LogP contribution >= 0.6 is 0 Å². The molecule has 21 heavy (non-hydrogen) atoms. The molecule has 4 nitrogen and oxygen atoms in total. The number of likely N-dealkylation sites (tertiary alicyclic amines) is 1. The predicted molar refractivity (Wildman–Crippen MR) is 70.7 cm³/mol. The highest BCUT2D eigenvalue weighted by Gasteiger charge is 2.32. The summed E-state index contributed by atoms with van der Waals surface area (Å²) in [5.41, 5.74) is -0.0804. The lowest BCUT2D eigenvalue weighted by atomic mass is 9.95. The highest BCUT2D eigenvalue weighted by Crippen LogP contribution is 2.26. The molecule has 0 aliphatic carbocycles. The highest BCUT2D eigenvalue weighted by atomic mass is 19.1. The molecule has 0 bridgehead atoms. The van der Waals surface area contributed by atoms with Gasteiger partial charge in [-0.25, -0.2) is 8.78 Å². The third-order valence-electron chi connectivity index (χ3n) is 4.02.